The molecule has 8 nitrogen and oxygen atoms in total. The van der Waals surface area contributed by atoms with Gasteiger partial charge in [0.15, 0.2) is 13.2 Å². The predicted octanol–water partition coefficient (Wildman–Crippen LogP) is 1.74. The smallest absolute Gasteiger partial charge is 0.344 e. The number of carbonyl (C=O) groups excluding carboxylic acids is 3. The molecule has 0 radical (unpaired) electrons. The summed E-state index contributed by atoms with van der Waals surface area (Å²) in [6, 6.07) is 16.1. The standard InChI is InChI=1S/C20H20N2O6/c23-18(22-11-10-21-20(22)25)13-28-19(24)14-27-17-8-6-16(7-9-17)26-12-15-4-2-1-3-5-15/h1-9H,10-14H2,(H,21,25). The molecule has 8 heteroatoms. The number of imide groups is 1. The van der Waals surface area contributed by atoms with E-state index in [4.69, 9.17) is 14.2 Å². The summed E-state index contributed by atoms with van der Waals surface area (Å²) >= 11 is 0. The first-order valence-corrected chi connectivity index (χ1v) is 8.75. The Labute approximate surface area is 162 Å². The fraction of sp³-hybridized carbons (Fsp3) is 0.250. The normalized spacial score (nSPS) is 13.0. The van der Waals surface area contributed by atoms with Gasteiger partial charge in [-0.05, 0) is 29.8 Å². The monoisotopic (exact) mass is 384 g/mol. The van der Waals surface area contributed by atoms with E-state index >= 15 is 0 Å². The first-order valence-electron chi connectivity index (χ1n) is 8.75. The van der Waals surface area contributed by atoms with Crippen LogP contribution in [-0.4, -0.2) is 49.1 Å². The highest BCUT2D eigenvalue weighted by atomic mass is 16.6. The fourth-order valence-electron chi connectivity index (χ4n) is 2.49. The maximum atomic E-state index is 11.8. The Morgan fingerprint density at radius 1 is 0.929 bits per heavy atom. The maximum Gasteiger partial charge on any atom is 0.344 e. The van der Waals surface area contributed by atoms with Crippen LogP contribution < -0.4 is 14.8 Å². The first kappa shape index (κ1) is 19.2. The lowest BCUT2D eigenvalue weighted by atomic mass is 10.2. The van der Waals surface area contributed by atoms with E-state index < -0.39 is 24.5 Å². The van der Waals surface area contributed by atoms with Crippen LogP contribution in [0.25, 0.3) is 0 Å². The lowest BCUT2D eigenvalue weighted by Crippen LogP contribution is -2.37. The van der Waals surface area contributed by atoms with Crippen LogP contribution in [0.4, 0.5) is 4.79 Å². The summed E-state index contributed by atoms with van der Waals surface area (Å²) in [6.45, 7) is 0.277. The van der Waals surface area contributed by atoms with Gasteiger partial charge in [-0.3, -0.25) is 9.69 Å². The molecule has 3 rings (SSSR count). The van der Waals surface area contributed by atoms with Crippen molar-refractivity contribution in [3.05, 3.63) is 60.2 Å². The summed E-state index contributed by atoms with van der Waals surface area (Å²) in [4.78, 5) is 35.8. The van der Waals surface area contributed by atoms with Crippen molar-refractivity contribution >= 4 is 17.9 Å². The van der Waals surface area contributed by atoms with Crippen LogP contribution in [0.1, 0.15) is 5.56 Å². The van der Waals surface area contributed by atoms with Crippen molar-refractivity contribution in [2.24, 2.45) is 0 Å². The quantitative estimate of drug-likeness (QED) is 0.697. The van der Waals surface area contributed by atoms with Gasteiger partial charge in [0.05, 0.1) is 0 Å². The second kappa shape index (κ2) is 9.40. The maximum absolute atomic E-state index is 11.8. The minimum absolute atomic E-state index is 0.268. The topological polar surface area (TPSA) is 94.2 Å². The van der Waals surface area contributed by atoms with Crippen LogP contribution in [0.5, 0.6) is 11.5 Å². The number of carbonyl (C=O) groups is 3. The molecule has 1 N–H and O–H groups in total. The number of ether oxygens (including phenoxy) is 3. The van der Waals surface area contributed by atoms with Crippen LogP contribution >= 0.6 is 0 Å². The second-order valence-electron chi connectivity index (χ2n) is 5.97. The number of amides is 3. The highest BCUT2D eigenvalue weighted by Gasteiger charge is 2.26. The molecule has 3 amide bonds. The number of hydrogen-bond acceptors (Lipinski definition) is 6. The molecule has 0 saturated carbocycles. The molecule has 0 aromatic heterocycles. The van der Waals surface area contributed by atoms with E-state index in [0.29, 0.717) is 24.7 Å². The predicted molar refractivity (Wildman–Crippen MR) is 98.8 cm³/mol. The molecule has 146 valence electrons. The van der Waals surface area contributed by atoms with Crippen molar-refractivity contribution in [2.45, 2.75) is 6.61 Å². The minimum atomic E-state index is -0.697. The third-order valence-corrected chi connectivity index (χ3v) is 3.94. The Kier molecular flexibility index (Phi) is 6.46. The summed E-state index contributed by atoms with van der Waals surface area (Å²) in [5, 5.41) is 2.50. The molecular formula is C20H20N2O6. The summed E-state index contributed by atoms with van der Waals surface area (Å²) in [7, 11) is 0. The number of hydrogen-bond donors (Lipinski definition) is 1. The summed E-state index contributed by atoms with van der Waals surface area (Å²) in [5.41, 5.74) is 1.06. The number of nitrogens with one attached hydrogen (secondary N) is 1. The molecule has 1 saturated heterocycles. The lowest BCUT2D eigenvalue weighted by Gasteiger charge is -2.12. The zero-order valence-electron chi connectivity index (χ0n) is 15.1. The van der Waals surface area contributed by atoms with Gasteiger partial charge in [-0.1, -0.05) is 30.3 Å². The number of esters is 1. The van der Waals surface area contributed by atoms with Gasteiger partial charge in [0.25, 0.3) is 5.91 Å². The first-order chi connectivity index (χ1) is 13.6. The third kappa shape index (κ3) is 5.47. The molecule has 0 unspecified atom stereocenters. The van der Waals surface area contributed by atoms with E-state index in [1.165, 1.54) is 0 Å². The van der Waals surface area contributed by atoms with E-state index in [9.17, 15) is 14.4 Å². The Hall–Kier alpha value is -3.55. The van der Waals surface area contributed by atoms with Gasteiger partial charge in [-0.25, -0.2) is 9.59 Å². The van der Waals surface area contributed by atoms with Crippen LogP contribution in [-0.2, 0) is 20.9 Å². The number of nitrogens with zero attached hydrogens (tertiary/aromatic N) is 1. The highest BCUT2D eigenvalue weighted by Crippen LogP contribution is 2.18. The molecular weight excluding hydrogens is 364 g/mol. The van der Waals surface area contributed by atoms with Crippen molar-refractivity contribution in [1.29, 1.82) is 0 Å². The molecule has 28 heavy (non-hydrogen) atoms. The SMILES string of the molecule is O=C(COc1ccc(OCc2ccccc2)cc1)OCC(=O)N1CCNC1=O. The number of benzene rings is 2. The lowest BCUT2D eigenvalue weighted by molar-refractivity contribution is -0.152. The van der Waals surface area contributed by atoms with Crippen LogP contribution in [0.15, 0.2) is 54.6 Å². The molecule has 1 heterocycles. The molecule has 0 atom stereocenters. The Balaban J connectivity index is 1.37. The van der Waals surface area contributed by atoms with Gasteiger partial charge in [-0.2, -0.15) is 0 Å². The summed E-state index contributed by atoms with van der Waals surface area (Å²) in [5.74, 6) is -0.122. The molecule has 1 aliphatic rings. The van der Waals surface area contributed by atoms with Gasteiger partial charge in [0.2, 0.25) is 0 Å². The zero-order valence-corrected chi connectivity index (χ0v) is 15.1. The van der Waals surface area contributed by atoms with Crippen LogP contribution in [0.3, 0.4) is 0 Å². The summed E-state index contributed by atoms with van der Waals surface area (Å²) < 4.78 is 15.8. The van der Waals surface area contributed by atoms with Gasteiger partial charge >= 0.3 is 12.0 Å². The second-order valence-corrected chi connectivity index (χ2v) is 5.97. The summed E-state index contributed by atoms with van der Waals surface area (Å²) in [6.07, 6.45) is 0. The van der Waals surface area contributed by atoms with Crippen molar-refractivity contribution in [1.82, 2.24) is 10.2 Å². The third-order valence-electron chi connectivity index (χ3n) is 3.94. The van der Waals surface area contributed by atoms with E-state index in [1.54, 1.807) is 24.3 Å². The number of urea groups is 1. The fourth-order valence-corrected chi connectivity index (χ4v) is 2.49. The largest absolute Gasteiger partial charge is 0.489 e. The Morgan fingerprint density at radius 2 is 1.61 bits per heavy atom. The highest BCUT2D eigenvalue weighted by molar-refractivity contribution is 5.96. The van der Waals surface area contributed by atoms with Gasteiger partial charge < -0.3 is 19.5 Å². The average molecular weight is 384 g/mol. The van der Waals surface area contributed by atoms with Crippen LogP contribution in [0.2, 0.25) is 0 Å². The molecule has 2 aromatic rings. The van der Waals surface area contributed by atoms with Gasteiger partial charge in [0, 0.05) is 13.1 Å². The Bertz CT molecular complexity index is 822. The number of rotatable bonds is 8. The molecule has 0 spiro atoms. The van der Waals surface area contributed by atoms with Crippen LogP contribution in [0, 0.1) is 0 Å². The van der Waals surface area contributed by atoms with Gasteiger partial charge in [0.1, 0.15) is 18.1 Å². The molecule has 0 aliphatic carbocycles. The Morgan fingerprint density at radius 3 is 2.25 bits per heavy atom. The molecule has 2 aromatic carbocycles. The van der Waals surface area contributed by atoms with E-state index in [0.717, 1.165) is 10.5 Å². The average Bonchev–Trinajstić information content (AvgIpc) is 3.16. The van der Waals surface area contributed by atoms with E-state index in [2.05, 4.69) is 5.32 Å². The van der Waals surface area contributed by atoms with Crippen molar-refractivity contribution < 1.29 is 28.6 Å². The van der Waals surface area contributed by atoms with Crippen molar-refractivity contribution in [2.75, 3.05) is 26.3 Å². The zero-order chi connectivity index (χ0) is 19.8. The molecule has 0 bridgehead atoms. The van der Waals surface area contributed by atoms with E-state index in [1.807, 2.05) is 30.3 Å². The van der Waals surface area contributed by atoms with Crippen molar-refractivity contribution in [3.8, 4) is 11.5 Å². The molecule has 1 fully saturated rings. The van der Waals surface area contributed by atoms with Crippen molar-refractivity contribution in [3.63, 3.8) is 0 Å². The van der Waals surface area contributed by atoms with E-state index in [-0.39, 0.29) is 13.2 Å². The molecule has 1 aliphatic heterocycles. The minimum Gasteiger partial charge on any atom is -0.489 e. The van der Waals surface area contributed by atoms with Gasteiger partial charge in [-0.15, -0.1) is 0 Å².